The Morgan fingerprint density at radius 1 is 1.10 bits per heavy atom. The van der Waals surface area contributed by atoms with E-state index in [1.165, 1.54) is 6.26 Å². The minimum absolute atomic E-state index is 0.0341. The molecule has 0 saturated carbocycles. The van der Waals surface area contributed by atoms with Gasteiger partial charge in [0.2, 0.25) is 0 Å². The number of carbonyl (C=O) groups is 2. The van der Waals surface area contributed by atoms with Crippen LogP contribution in [0.15, 0.2) is 35.3 Å². The van der Waals surface area contributed by atoms with E-state index in [0.29, 0.717) is 5.76 Å². The highest BCUT2D eigenvalue weighted by molar-refractivity contribution is 6.14. The van der Waals surface area contributed by atoms with E-state index < -0.39 is 11.9 Å². The molecule has 0 fully saturated rings. The van der Waals surface area contributed by atoms with Crippen molar-refractivity contribution in [2.75, 3.05) is 0 Å². The molecular formula is C17H26O4. The van der Waals surface area contributed by atoms with Crippen molar-refractivity contribution in [1.82, 2.24) is 0 Å². The van der Waals surface area contributed by atoms with Crippen molar-refractivity contribution in [3.63, 3.8) is 0 Å². The highest BCUT2D eigenvalue weighted by Gasteiger charge is 2.22. The second-order valence-electron chi connectivity index (χ2n) is 5.16. The van der Waals surface area contributed by atoms with Crippen LogP contribution in [0.5, 0.6) is 0 Å². The largest absolute Gasteiger partial charge is 0.431 e. The van der Waals surface area contributed by atoms with Gasteiger partial charge in [0.1, 0.15) is 11.3 Å². The van der Waals surface area contributed by atoms with E-state index >= 15 is 0 Å². The molecule has 4 heteroatoms. The molecule has 0 aliphatic rings. The molecule has 4 nitrogen and oxygen atoms in total. The van der Waals surface area contributed by atoms with Gasteiger partial charge in [0, 0.05) is 0 Å². The van der Waals surface area contributed by atoms with Crippen LogP contribution in [-0.2, 0) is 19.1 Å². The fraction of sp³-hybridized carbons (Fsp3) is 0.529. The Balaban J connectivity index is 5.09. The lowest BCUT2D eigenvalue weighted by Crippen LogP contribution is -2.17. The lowest BCUT2D eigenvalue weighted by atomic mass is 10.1. The summed E-state index contributed by atoms with van der Waals surface area (Å²) in [6.45, 7) is 11.2. The van der Waals surface area contributed by atoms with Crippen LogP contribution >= 0.6 is 0 Å². The second-order valence-corrected chi connectivity index (χ2v) is 5.16. The molecule has 0 N–H and O–H groups in total. The summed E-state index contributed by atoms with van der Waals surface area (Å²) in [7, 11) is 0. The molecule has 0 aromatic carbocycles. The Kier molecular flexibility index (Phi) is 9.10. The summed E-state index contributed by atoms with van der Waals surface area (Å²) in [6, 6.07) is 0. The van der Waals surface area contributed by atoms with Gasteiger partial charge in [-0.3, -0.25) is 0 Å². The average molecular weight is 294 g/mol. The Morgan fingerprint density at radius 2 is 1.71 bits per heavy atom. The fourth-order valence-electron chi connectivity index (χ4n) is 1.38. The molecule has 0 unspecified atom stereocenters. The summed E-state index contributed by atoms with van der Waals surface area (Å²) in [5.74, 6) is -0.860. The molecule has 0 amide bonds. The predicted molar refractivity (Wildman–Crippen MR) is 83.2 cm³/mol. The van der Waals surface area contributed by atoms with Crippen molar-refractivity contribution < 1.29 is 19.1 Å². The van der Waals surface area contributed by atoms with Crippen LogP contribution in [0, 0.1) is 5.92 Å². The van der Waals surface area contributed by atoms with Crippen molar-refractivity contribution in [3.8, 4) is 0 Å². The number of carbonyl (C=O) groups excluding carboxylic acids is 2. The second kappa shape index (κ2) is 9.97. The highest BCUT2D eigenvalue weighted by Crippen LogP contribution is 2.11. The van der Waals surface area contributed by atoms with Gasteiger partial charge < -0.3 is 9.47 Å². The maximum atomic E-state index is 12.1. The number of allylic oxidation sites excluding steroid dienone is 4. The summed E-state index contributed by atoms with van der Waals surface area (Å²) < 4.78 is 10.2. The summed E-state index contributed by atoms with van der Waals surface area (Å²) in [4.78, 5) is 24.1. The molecule has 21 heavy (non-hydrogen) atoms. The third-order valence-electron chi connectivity index (χ3n) is 2.61. The average Bonchev–Trinajstić information content (AvgIpc) is 2.41. The van der Waals surface area contributed by atoms with Crippen LogP contribution in [0.4, 0.5) is 0 Å². The highest BCUT2D eigenvalue weighted by atomic mass is 16.6. The van der Waals surface area contributed by atoms with Crippen LogP contribution in [-0.4, -0.2) is 11.9 Å². The minimum atomic E-state index is -0.689. The lowest BCUT2D eigenvalue weighted by molar-refractivity contribution is -0.142. The van der Waals surface area contributed by atoms with Gasteiger partial charge in [0.25, 0.3) is 0 Å². The van der Waals surface area contributed by atoms with Crippen LogP contribution in [0.3, 0.4) is 0 Å². The van der Waals surface area contributed by atoms with Gasteiger partial charge >= 0.3 is 11.9 Å². The summed E-state index contributed by atoms with van der Waals surface area (Å²) in [5, 5.41) is 0. The van der Waals surface area contributed by atoms with Gasteiger partial charge in [0.05, 0.1) is 6.26 Å². The van der Waals surface area contributed by atoms with Crippen molar-refractivity contribution >= 4 is 11.9 Å². The van der Waals surface area contributed by atoms with E-state index in [9.17, 15) is 9.59 Å². The molecule has 0 aromatic rings. The number of hydrogen-bond acceptors (Lipinski definition) is 4. The summed E-state index contributed by atoms with van der Waals surface area (Å²) in [5.41, 5.74) is 0.844. The number of esters is 2. The molecule has 0 saturated heterocycles. The molecule has 0 aliphatic heterocycles. The number of ether oxygens (including phenoxy) is 2. The standard InChI is InChI=1S/C17H26O4/c1-7-9-14(6)21-17(19)15(10-12(3)4)16(18)20-11-13(5)8-2/h9-12H,7-8H2,1-6H3. The topological polar surface area (TPSA) is 52.6 Å². The molecule has 0 rings (SSSR count). The van der Waals surface area contributed by atoms with Gasteiger partial charge in [-0.1, -0.05) is 33.8 Å². The van der Waals surface area contributed by atoms with Crippen molar-refractivity contribution in [2.45, 2.75) is 54.4 Å². The van der Waals surface area contributed by atoms with Crippen molar-refractivity contribution in [2.24, 2.45) is 5.92 Å². The van der Waals surface area contributed by atoms with E-state index in [0.717, 1.165) is 18.4 Å². The Hall–Kier alpha value is -1.84. The van der Waals surface area contributed by atoms with Gasteiger partial charge in [-0.25, -0.2) is 9.59 Å². The Labute approximate surface area is 127 Å². The van der Waals surface area contributed by atoms with Crippen LogP contribution in [0.2, 0.25) is 0 Å². The van der Waals surface area contributed by atoms with E-state index in [1.807, 2.05) is 34.6 Å². The summed E-state index contributed by atoms with van der Waals surface area (Å²) >= 11 is 0. The molecule has 0 heterocycles. The van der Waals surface area contributed by atoms with Gasteiger partial charge in [0.15, 0.2) is 0 Å². The van der Waals surface area contributed by atoms with Gasteiger partial charge in [-0.2, -0.15) is 0 Å². The van der Waals surface area contributed by atoms with E-state index in [1.54, 1.807) is 19.1 Å². The molecule has 0 atom stereocenters. The number of hydrogen-bond donors (Lipinski definition) is 0. The van der Waals surface area contributed by atoms with Crippen LogP contribution in [0.25, 0.3) is 0 Å². The number of rotatable bonds is 7. The zero-order valence-corrected chi connectivity index (χ0v) is 13.9. The molecule has 0 spiro atoms. The fourth-order valence-corrected chi connectivity index (χ4v) is 1.38. The monoisotopic (exact) mass is 294 g/mol. The van der Waals surface area contributed by atoms with Gasteiger partial charge in [-0.05, 0) is 44.3 Å². The first kappa shape index (κ1) is 19.2. The molecule has 0 aromatic heterocycles. The first-order valence-corrected chi connectivity index (χ1v) is 7.29. The third-order valence-corrected chi connectivity index (χ3v) is 2.61. The third kappa shape index (κ3) is 8.12. The lowest BCUT2D eigenvalue weighted by Gasteiger charge is -2.08. The normalized spacial score (nSPS) is 13.4. The Bertz CT molecular complexity index is 453. The first-order chi connectivity index (χ1) is 9.81. The van der Waals surface area contributed by atoms with Crippen LogP contribution in [0.1, 0.15) is 54.4 Å². The first-order valence-electron chi connectivity index (χ1n) is 7.29. The Morgan fingerprint density at radius 3 is 2.19 bits per heavy atom. The molecular weight excluding hydrogens is 268 g/mol. The minimum Gasteiger partial charge on any atom is -0.431 e. The zero-order chi connectivity index (χ0) is 16.4. The smallest absolute Gasteiger partial charge is 0.350 e. The maximum Gasteiger partial charge on any atom is 0.350 e. The SMILES string of the molecule is CCC=C(C)OC(=O)C(=CC(C)C)C(=O)OC=C(C)CC. The molecule has 0 bridgehead atoms. The maximum absolute atomic E-state index is 12.1. The molecule has 0 radical (unpaired) electrons. The van der Waals surface area contributed by atoms with E-state index in [-0.39, 0.29) is 11.5 Å². The quantitative estimate of drug-likeness (QED) is 0.231. The zero-order valence-electron chi connectivity index (χ0n) is 13.9. The van der Waals surface area contributed by atoms with Gasteiger partial charge in [-0.15, -0.1) is 0 Å². The van der Waals surface area contributed by atoms with E-state index in [2.05, 4.69) is 0 Å². The molecule has 0 aliphatic carbocycles. The van der Waals surface area contributed by atoms with Crippen LogP contribution < -0.4 is 0 Å². The summed E-state index contributed by atoms with van der Waals surface area (Å²) in [6.07, 6.45) is 6.24. The van der Waals surface area contributed by atoms with Crippen molar-refractivity contribution in [1.29, 1.82) is 0 Å². The van der Waals surface area contributed by atoms with Crippen molar-refractivity contribution in [3.05, 3.63) is 35.3 Å². The predicted octanol–water partition coefficient (Wildman–Crippen LogP) is 4.28. The van der Waals surface area contributed by atoms with E-state index in [4.69, 9.17) is 9.47 Å². The molecule has 118 valence electrons.